The van der Waals surface area contributed by atoms with Crippen LogP contribution in [0.4, 0.5) is 39.5 Å². The van der Waals surface area contributed by atoms with E-state index in [1.807, 2.05) is 40.9 Å². The summed E-state index contributed by atoms with van der Waals surface area (Å²) in [5, 5.41) is 20.7. The number of carbonyl (C=O) groups excluding carboxylic acids is 2. The van der Waals surface area contributed by atoms with Gasteiger partial charge >= 0.3 is 43.6 Å². The van der Waals surface area contributed by atoms with Crippen molar-refractivity contribution in [3.05, 3.63) is 130 Å². The monoisotopic (exact) mass is 1040 g/mol. The second-order valence-electron chi connectivity index (χ2n) is 15.9. The van der Waals surface area contributed by atoms with Gasteiger partial charge in [0.2, 0.25) is 0 Å². The highest BCUT2D eigenvalue weighted by Gasteiger charge is 2.52. The highest BCUT2D eigenvalue weighted by Crippen LogP contribution is 2.38. The molecular weight excluding hydrogens is 1000 g/mol. The molecule has 0 amide bonds. The first kappa shape index (κ1) is 55.1. The molecule has 25 heteroatoms. The third kappa shape index (κ3) is 14.8. The Labute approximate surface area is 397 Å². The van der Waals surface area contributed by atoms with E-state index in [1.54, 1.807) is 31.2 Å². The van der Waals surface area contributed by atoms with Crippen LogP contribution in [0.1, 0.15) is 75.5 Å². The van der Waals surface area contributed by atoms with Gasteiger partial charge in [0.15, 0.2) is 0 Å². The third-order valence-corrected chi connectivity index (χ3v) is 10.6. The van der Waals surface area contributed by atoms with Gasteiger partial charge in [-0.25, -0.2) is 14.4 Å². The predicted molar refractivity (Wildman–Crippen MR) is 235 cm³/mol. The van der Waals surface area contributed by atoms with Gasteiger partial charge in [-0.2, -0.15) is 54.8 Å². The number of benzene rings is 3. The molecule has 1 fully saturated rings. The molecule has 0 saturated carbocycles. The number of carboxylic acid groups (broad SMARTS) is 1. The SMILES string of the molecule is COC(=O)c1cc(-c2cnn(C)c2)cc(C(F)(F)F)c1.COC(=O)c1cc(Br)cc(C(F)(F)F)c1.Cn1cc(-c2cc(C(=O)O)cc(C(F)(F)F)c2)cn1.Cn1cc(B2OC(C)(C)C(C)(C)O2)cn1. The zero-order valence-corrected chi connectivity index (χ0v) is 39.6. The van der Waals surface area contributed by atoms with Gasteiger partial charge in [0, 0.05) is 67.0 Å². The number of aromatic carboxylic acids is 1. The summed E-state index contributed by atoms with van der Waals surface area (Å²) in [7, 11) is 7.08. The highest BCUT2D eigenvalue weighted by molar-refractivity contribution is 9.10. The number of aryl methyl sites for hydroxylation is 3. The molecule has 3 aromatic carbocycles. The molecule has 1 aliphatic heterocycles. The van der Waals surface area contributed by atoms with E-state index in [1.165, 1.54) is 46.2 Å². The van der Waals surface area contributed by atoms with E-state index in [0.717, 1.165) is 50.0 Å². The highest BCUT2D eigenvalue weighted by atomic mass is 79.9. The van der Waals surface area contributed by atoms with Crippen LogP contribution in [0.5, 0.6) is 0 Å². The van der Waals surface area contributed by atoms with Gasteiger partial charge in [0.1, 0.15) is 0 Å². The first-order chi connectivity index (χ1) is 31.7. The van der Waals surface area contributed by atoms with Crippen molar-refractivity contribution in [2.24, 2.45) is 21.1 Å². The second-order valence-corrected chi connectivity index (χ2v) is 16.9. The Morgan fingerprint density at radius 1 is 0.565 bits per heavy atom. The first-order valence-electron chi connectivity index (χ1n) is 19.8. The van der Waals surface area contributed by atoms with E-state index in [2.05, 4.69) is 40.7 Å². The Morgan fingerprint density at radius 3 is 1.28 bits per heavy atom. The molecule has 6 aromatic rings. The molecule has 0 radical (unpaired) electrons. The smallest absolute Gasteiger partial charge is 0.478 e. The van der Waals surface area contributed by atoms with E-state index in [4.69, 9.17) is 14.4 Å². The molecule has 1 N–H and O–H groups in total. The average molecular weight is 1050 g/mol. The van der Waals surface area contributed by atoms with E-state index >= 15 is 0 Å². The largest absolute Gasteiger partial charge is 0.498 e. The third-order valence-electron chi connectivity index (χ3n) is 10.2. The molecule has 7 rings (SSSR count). The van der Waals surface area contributed by atoms with Gasteiger partial charge in [-0.15, -0.1) is 0 Å². The maximum atomic E-state index is 12.9. The average Bonchev–Trinajstić information content (AvgIpc) is 4.06. The summed E-state index contributed by atoms with van der Waals surface area (Å²) in [5.74, 6) is -3.03. The summed E-state index contributed by atoms with van der Waals surface area (Å²) in [4.78, 5) is 33.4. The zero-order chi connectivity index (χ0) is 52.0. The minimum absolute atomic E-state index is 0.140. The number of carbonyl (C=O) groups is 3. The number of nitrogens with zero attached hydrogens (tertiary/aromatic N) is 6. The van der Waals surface area contributed by atoms with Crippen LogP contribution in [0.15, 0.2) is 96.3 Å². The lowest BCUT2D eigenvalue weighted by atomic mass is 9.82. The zero-order valence-electron chi connectivity index (χ0n) is 38.0. The van der Waals surface area contributed by atoms with Crippen LogP contribution in [-0.4, -0.2) is 84.9 Å². The molecular formula is C44H43BBrF9N6O8. The second kappa shape index (κ2) is 21.4. The van der Waals surface area contributed by atoms with Crippen LogP contribution in [0, 0.1) is 0 Å². The fourth-order valence-corrected chi connectivity index (χ4v) is 6.44. The standard InChI is InChI=1S/C13H11F3N2O2.C12H9F3N2O2.C10H17BN2O2.C9H6BrF3O2/c1-18-7-10(6-17-18)8-3-9(12(19)20-2)5-11(4-8)13(14,15)16;1-17-6-9(5-16-17)7-2-8(11(18)19)4-10(3-7)12(13,14)15;1-9(2)10(3,4)15-11(14-9)8-6-12-13(5)7-8;1-15-8(14)5-2-6(9(11,12)13)4-7(10)3-5/h3-7H,1-2H3;2-6H,1H3,(H,18,19);6-7H,1-5H3;2-4H,1H3. The Bertz CT molecular complexity index is 2770. The number of rotatable bonds is 6. The lowest BCUT2D eigenvalue weighted by molar-refractivity contribution is -0.138. The van der Waals surface area contributed by atoms with E-state index in [-0.39, 0.29) is 45.0 Å². The molecule has 1 aliphatic rings. The van der Waals surface area contributed by atoms with Crippen LogP contribution in [0.2, 0.25) is 0 Å². The summed E-state index contributed by atoms with van der Waals surface area (Å²) in [5.41, 5.74) is -1.75. The number of carboxylic acids is 1. The summed E-state index contributed by atoms with van der Waals surface area (Å²) in [6.07, 6.45) is -4.03. The maximum absolute atomic E-state index is 12.9. The van der Waals surface area contributed by atoms with Crippen LogP contribution < -0.4 is 5.46 Å². The molecule has 1 saturated heterocycles. The molecule has 0 unspecified atom stereocenters. The topological polar surface area (TPSA) is 162 Å². The van der Waals surface area contributed by atoms with Crippen molar-refractivity contribution in [2.45, 2.75) is 57.4 Å². The van der Waals surface area contributed by atoms with Crippen LogP contribution >= 0.6 is 15.9 Å². The Kier molecular flexibility index (Phi) is 17.1. The molecule has 14 nitrogen and oxygen atoms in total. The van der Waals surface area contributed by atoms with Gasteiger partial charge in [0.25, 0.3) is 0 Å². The molecule has 3 aromatic heterocycles. The molecule has 0 aliphatic carbocycles. The predicted octanol–water partition coefficient (Wildman–Crippen LogP) is 9.67. The molecule has 370 valence electrons. The summed E-state index contributed by atoms with van der Waals surface area (Å²) in [6, 6.07) is 8.71. The van der Waals surface area contributed by atoms with Gasteiger partial charge in [-0.3, -0.25) is 14.0 Å². The van der Waals surface area contributed by atoms with Gasteiger partial charge in [0.05, 0.1) is 71.2 Å². The molecule has 4 heterocycles. The normalized spacial score (nSPS) is 14.0. The summed E-state index contributed by atoms with van der Waals surface area (Å²) < 4.78 is 139. The Morgan fingerprint density at radius 2 is 0.928 bits per heavy atom. The summed E-state index contributed by atoms with van der Waals surface area (Å²) in [6.45, 7) is 8.18. The number of ether oxygens (including phenoxy) is 2. The summed E-state index contributed by atoms with van der Waals surface area (Å²) >= 11 is 2.90. The quantitative estimate of drug-likeness (QED) is 0.0961. The molecule has 0 bridgehead atoms. The maximum Gasteiger partial charge on any atom is 0.498 e. The van der Waals surface area contributed by atoms with Crippen LogP contribution in [0.3, 0.4) is 0 Å². The van der Waals surface area contributed by atoms with Gasteiger partial charge in [-0.05, 0) is 93.4 Å². The lowest BCUT2D eigenvalue weighted by Crippen LogP contribution is -2.41. The van der Waals surface area contributed by atoms with Crippen molar-refractivity contribution in [1.82, 2.24) is 29.3 Å². The number of esters is 2. The van der Waals surface area contributed by atoms with E-state index < -0.39 is 58.7 Å². The van der Waals surface area contributed by atoms with Crippen molar-refractivity contribution in [3.8, 4) is 22.3 Å². The fourth-order valence-electron chi connectivity index (χ4n) is 5.95. The van der Waals surface area contributed by atoms with Crippen molar-refractivity contribution in [1.29, 1.82) is 0 Å². The number of hydrogen-bond donors (Lipinski definition) is 1. The molecule has 0 spiro atoms. The Balaban J connectivity index is 0.000000202. The lowest BCUT2D eigenvalue weighted by Gasteiger charge is -2.32. The van der Waals surface area contributed by atoms with Crippen molar-refractivity contribution >= 4 is 46.4 Å². The fraction of sp³-hybridized carbons (Fsp3) is 0.318. The number of hydrogen-bond acceptors (Lipinski definition) is 10. The number of aromatic nitrogens is 6. The van der Waals surface area contributed by atoms with Gasteiger partial charge < -0.3 is 23.9 Å². The van der Waals surface area contributed by atoms with Crippen LogP contribution in [0.25, 0.3) is 22.3 Å². The minimum Gasteiger partial charge on any atom is -0.478 e. The van der Waals surface area contributed by atoms with Crippen molar-refractivity contribution in [2.75, 3.05) is 14.2 Å². The number of methoxy groups -OCH3 is 2. The van der Waals surface area contributed by atoms with Gasteiger partial charge in [-0.1, -0.05) is 15.9 Å². The Hall–Kier alpha value is -6.47. The number of halogens is 10. The first-order valence-corrected chi connectivity index (χ1v) is 20.6. The minimum atomic E-state index is -4.59. The number of alkyl halides is 9. The molecule has 0 atom stereocenters. The van der Waals surface area contributed by atoms with E-state index in [0.29, 0.717) is 17.2 Å². The van der Waals surface area contributed by atoms with Crippen molar-refractivity contribution in [3.63, 3.8) is 0 Å². The van der Waals surface area contributed by atoms with E-state index in [9.17, 15) is 53.9 Å². The van der Waals surface area contributed by atoms with Crippen LogP contribution in [-0.2, 0) is 58.5 Å². The van der Waals surface area contributed by atoms with Crippen molar-refractivity contribution < 1.29 is 77.8 Å². The molecule has 69 heavy (non-hydrogen) atoms.